The number of carboxylic acid groups (broad SMARTS) is 1. The summed E-state index contributed by atoms with van der Waals surface area (Å²) in [7, 11) is -3.80. The molecule has 1 fully saturated rings. The molecule has 104 valence electrons. The zero-order chi connectivity index (χ0) is 14.2. The third-order valence-corrected chi connectivity index (χ3v) is 5.87. The van der Waals surface area contributed by atoms with Gasteiger partial charge < -0.3 is 5.11 Å². The normalized spacial score (nSPS) is 20.6. The lowest BCUT2D eigenvalue weighted by Crippen LogP contribution is -2.30. The van der Waals surface area contributed by atoms with E-state index in [-0.39, 0.29) is 28.0 Å². The molecule has 19 heavy (non-hydrogen) atoms. The van der Waals surface area contributed by atoms with Gasteiger partial charge in [-0.2, -0.15) is 4.31 Å². The number of nitrogens with zero attached hydrogens (tertiary/aromatic N) is 1. The summed E-state index contributed by atoms with van der Waals surface area (Å²) in [5, 5.41) is 9.01. The van der Waals surface area contributed by atoms with Crippen molar-refractivity contribution in [3.05, 3.63) is 28.2 Å². The second-order valence-electron chi connectivity index (χ2n) is 4.24. The van der Waals surface area contributed by atoms with Gasteiger partial charge in [-0.3, -0.25) is 4.79 Å². The monoisotopic (exact) mass is 323 g/mol. The van der Waals surface area contributed by atoms with Gasteiger partial charge in [0.2, 0.25) is 10.0 Å². The van der Waals surface area contributed by atoms with E-state index in [1.54, 1.807) is 0 Å². The van der Waals surface area contributed by atoms with Gasteiger partial charge in [0.15, 0.2) is 0 Å². The van der Waals surface area contributed by atoms with Gasteiger partial charge in [0, 0.05) is 13.1 Å². The molecule has 1 atom stereocenters. The molecule has 0 amide bonds. The van der Waals surface area contributed by atoms with E-state index in [1.807, 2.05) is 0 Å². The van der Waals surface area contributed by atoms with Crippen LogP contribution in [0.15, 0.2) is 23.1 Å². The molecule has 1 aromatic rings. The van der Waals surface area contributed by atoms with E-state index >= 15 is 0 Å². The molecular formula is C11H11Cl2NO4S. The topological polar surface area (TPSA) is 74.7 Å². The molecular weight excluding hydrogens is 313 g/mol. The number of hydrogen-bond acceptors (Lipinski definition) is 3. The van der Waals surface area contributed by atoms with Crippen molar-refractivity contribution < 1.29 is 18.3 Å². The molecule has 1 heterocycles. The lowest BCUT2D eigenvalue weighted by atomic mass is 10.1. The van der Waals surface area contributed by atoms with Crippen molar-refractivity contribution in [2.75, 3.05) is 13.1 Å². The fraction of sp³-hybridized carbons (Fsp3) is 0.364. The number of carboxylic acids is 1. The van der Waals surface area contributed by atoms with Crippen molar-refractivity contribution in [2.45, 2.75) is 11.3 Å². The van der Waals surface area contributed by atoms with Gasteiger partial charge >= 0.3 is 5.97 Å². The molecule has 5 nitrogen and oxygen atoms in total. The van der Waals surface area contributed by atoms with E-state index in [0.29, 0.717) is 6.42 Å². The standard InChI is InChI=1S/C11H11Cl2NO4S/c12-8-2-1-3-9(10(8)13)19(17,18)14-5-4-7(6-14)11(15)16/h1-3,7H,4-6H2,(H,15,16)/t7-/m0/s1. The zero-order valence-electron chi connectivity index (χ0n) is 9.71. The van der Waals surface area contributed by atoms with Crippen molar-refractivity contribution in [3.8, 4) is 0 Å². The molecule has 0 aromatic heterocycles. The van der Waals surface area contributed by atoms with Crippen molar-refractivity contribution in [2.24, 2.45) is 5.92 Å². The molecule has 1 aliphatic heterocycles. The predicted molar refractivity (Wildman–Crippen MR) is 71.0 cm³/mol. The van der Waals surface area contributed by atoms with E-state index in [1.165, 1.54) is 18.2 Å². The minimum atomic E-state index is -3.80. The number of rotatable bonds is 3. The largest absolute Gasteiger partial charge is 0.481 e. The third kappa shape index (κ3) is 2.72. The van der Waals surface area contributed by atoms with E-state index in [2.05, 4.69) is 0 Å². The quantitative estimate of drug-likeness (QED) is 0.924. The van der Waals surface area contributed by atoms with E-state index in [4.69, 9.17) is 28.3 Å². The van der Waals surface area contributed by atoms with E-state index in [0.717, 1.165) is 4.31 Å². The van der Waals surface area contributed by atoms with Gasteiger partial charge in [-0.1, -0.05) is 29.3 Å². The summed E-state index contributed by atoms with van der Waals surface area (Å²) in [6, 6.07) is 4.34. The lowest BCUT2D eigenvalue weighted by Gasteiger charge is -2.17. The number of carbonyl (C=O) groups is 1. The number of hydrogen-bond donors (Lipinski definition) is 1. The average molecular weight is 324 g/mol. The second-order valence-corrected chi connectivity index (χ2v) is 6.93. The highest BCUT2D eigenvalue weighted by Crippen LogP contribution is 2.32. The van der Waals surface area contributed by atoms with Crippen molar-refractivity contribution in [3.63, 3.8) is 0 Å². The minimum Gasteiger partial charge on any atom is -0.481 e. The first kappa shape index (κ1) is 14.6. The van der Waals surface area contributed by atoms with Crippen LogP contribution in [0.1, 0.15) is 6.42 Å². The van der Waals surface area contributed by atoms with Crippen molar-refractivity contribution in [1.82, 2.24) is 4.31 Å². The Labute approximate surface area is 120 Å². The molecule has 0 aliphatic carbocycles. The van der Waals surface area contributed by atoms with Crippen molar-refractivity contribution in [1.29, 1.82) is 0 Å². The van der Waals surface area contributed by atoms with Crippen LogP contribution >= 0.6 is 23.2 Å². The molecule has 0 unspecified atom stereocenters. The molecule has 1 N–H and O–H groups in total. The summed E-state index contributed by atoms with van der Waals surface area (Å²) >= 11 is 11.7. The molecule has 0 bridgehead atoms. The molecule has 0 radical (unpaired) electrons. The van der Waals surface area contributed by atoms with E-state index in [9.17, 15) is 13.2 Å². The van der Waals surface area contributed by atoms with Gasteiger partial charge in [-0.05, 0) is 18.6 Å². The van der Waals surface area contributed by atoms with Crippen LogP contribution in [0, 0.1) is 5.92 Å². The molecule has 1 aliphatic rings. The number of sulfonamides is 1. The summed E-state index contributed by atoms with van der Waals surface area (Å²) in [4.78, 5) is 10.8. The summed E-state index contributed by atoms with van der Waals surface area (Å²) in [5.41, 5.74) is 0. The maximum Gasteiger partial charge on any atom is 0.307 e. The number of halogens is 2. The van der Waals surface area contributed by atoms with Gasteiger partial charge in [0.1, 0.15) is 4.90 Å². The summed E-state index contributed by atoms with van der Waals surface area (Å²) in [6.07, 6.45) is 0.298. The first-order valence-electron chi connectivity index (χ1n) is 5.51. The van der Waals surface area contributed by atoms with Gasteiger partial charge in [-0.25, -0.2) is 8.42 Å². The van der Waals surface area contributed by atoms with Crippen LogP contribution in [0.3, 0.4) is 0 Å². The molecule has 0 saturated carbocycles. The Morgan fingerprint density at radius 1 is 1.37 bits per heavy atom. The van der Waals surface area contributed by atoms with Crippen LogP contribution in [-0.4, -0.2) is 36.9 Å². The molecule has 8 heteroatoms. The first-order chi connectivity index (χ1) is 8.84. The summed E-state index contributed by atoms with van der Waals surface area (Å²) in [6.45, 7) is 0.128. The minimum absolute atomic E-state index is 0.0389. The molecule has 1 aromatic carbocycles. The smallest absolute Gasteiger partial charge is 0.307 e. The highest BCUT2D eigenvalue weighted by atomic mass is 35.5. The Kier molecular flexibility index (Phi) is 4.06. The highest BCUT2D eigenvalue weighted by molar-refractivity contribution is 7.89. The second kappa shape index (κ2) is 5.28. The first-order valence-corrected chi connectivity index (χ1v) is 7.70. The van der Waals surface area contributed by atoms with Crippen LogP contribution in [0.2, 0.25) is 10.0 Å². The lowest BCUT2D eigenvalue weighted by molar-refractivity contribution is -0.141. The maximum absolute atomic E-state index is 12.4. The number of benzene rings is 1. The van der Waals surface area contributed by atoms with E-state index < -0.39 is 21.9 Å². The fourth-order valence-electron chi connectivity index (χ4n) is 1.97. The Morgan fingerprint density at radius 2 is 2.05 bits per heavy atom. The Bertz CT molecular complexity index is 617. The van der Waals surface area contributed by atoms with Crippen LogP contribution in [0.25, 0.3) is 0 Å². The summed E-state index contributed by atoms with van der Waals surface area (Å²) < 4.78 is 25.9. The number of aliphatic carboxylic acids is 1. The van der Waals surface area contributed by atoms with Crippen molar-refractivity contribution >= 4 is 39.2 Å². The average Bonchev–Trinajstić information content (AvgIpc) is 2.82. The Hall–Kier alpha value is -0.820. The maximum atomic E-state index is 12.4. The zero-order valence-corrected chi connectivity index (χ0v) is 12.0. The van der Waals surface area contributed by atoms with Crippen LogP contribution in [0.5, 0.6) is 0 Å². The molecule has 1 saturated heterocycles. The highest BCUT2D eigenvalue weighted by Gasteiger charge is 2.36. The van der Waals surface area contributed by atoms with Gasteiger partial charge in [-0.15, -0.1) is 0 Å². The molecule has 2 rings (SSSR count). The molecule has 0 spiro atoms. The SMILES string of the molecule is O=C(O)[C@H]1CCN(S(=O)(=O)c2cccc(Cl)c2Cl)C1. The van der Waals surface area contributed by atoms with Crippen LogP contribution in [0.4, 0.5) is 0 Å². The Balaban J connectivity index is 2.34. The predicted octanol–water partition coefficient (Wildman–Crippen LogP) is 2.09. The fourth-order valence-corrected chi connectivity index (χ4v) is 4.21. The summed E-state index contributed by atoms with van der Waals surface area (Å²) in [5.74, 6) is -1.66. The van der Waals surface area contributed by atoms with Crippen LogP contribution < -0.4 is 0 Å². The Morgan fingerprint density at radius 3 is 2.63 bits per heavy atom. The third-order valence-electron chi connectivity index (χ3n) is 3.03. The van der Waals surface area contributed by atoms with Crippen LogP contribution in [-0.2, 0) is 14.8 Å². The van der Waals surface area contributed by atoms with Gasteiger partial charge in [0.05, 0.1) is 16.0 Å². The van der Waals surface area contributed by atoms with Gasteiger partial charge in [0.25, 0.3) is 0 Å².